The molecule has 0 bridgehead atoms. The van der Waals surface area contributed by atoms with Gasteiger partial charge in [-0.1, -0.05) is 24.6 Å². The molecule has 0 radical (unpaired) electrons. The predicted octanol–water partition coefficient (Wildman–Crippen LogP) is 2.46. The molecule has 1 aliphatic rings. The maximum Gasteiger partial charge on any atom is 0.306 e. The summed E-state index contributed by atoms with van der Waals surface area (Å²) in [6, 6.07) is 5.27. The molecule has 1 saturated heterocycles. The maximum absolute atomic E-state index is 12.5. The van der Waals surface area contributed by atoms with Crippen LogP contribution in [-0.2, 0) is 16.0 Å². The third-order valence-electron chi connectivity index (χ3n) is 4.20. The quantitative estimate of drug-likeness (QED) is 0.923. The molecule has 2 atom stereocenters. The largest absolute Gasteiger partial charge is 0.496 e. The van der Waals surface area contributed by atoms with Crippen LogP contribution in [0.5, 0.6) is 5.75 Å². The third-order valence-corrected chi connectivity index (χ3v) is 4.55. The number of piperidine rings is 1. The van der Waals surface area contributed by atoms with Crippen LogP contribution in [-0.4, -0.2) is 42.1 Å². The van der Waals surface area contributed by atoms with E-state index in [2.05, 4.69) is 0 Å². The second-order valence-electron chi connectivity index (χ2n) is 5.65. The van der Waals surface area contributed by atoms with Crippen LogP contribution in [0.4, 0.5) is 0 Å². The maximum atomic E-state index is 12.5. The number of aliphatic carboxylic acids is 1. The fourth-order valence-corrected chi connectivity index (χ4v) is 3.14. The average Bonchev–Trinajstić information content (AvgIpc) is 2.48. The monoisotopic (exact) mass is 325 g/mol. The molecule has 0 aliphatic carbocycles. The second-order valence-corrected chi connectivity index (χ2v) is 6.06. The molecular weight excluding hydrogens is 306 g/mol. The smallest absolute Gasteiger partial charge is 0.306 e. The number of rotatable bonds is 4. The highest BCUT2D eigenvalue weighted by atomic mass is 35.5. The van der Waals surface area contributed by atoms with E-state index in [0.29, 0.717) is 35.8 Å². The molecule has 5 nitrogen and oxygen atoms in total. The van der Waals surface area contributed by atoms with Gasteiger partial charge in [0.25, 0.3) is 0 Å². The van der Waals surface area contributed by atoms with Crippen molar-refractivity contribution >= 4 is 23.5 Å². The molecular formula is C16H20ClNO4. The Balaban J connectivity index is 2.07. The number of carbonyl (C=O) groups excluding carboxylic acids is 1. The van der Waals surface area contributed by atoms with E-state index >= 15 is 0 Å². The number of hydrogen-bond acceptors (Lipinski definition) is 3. The van der Waals surface area contributed by atoms with Crippen molar-refractivity contribution in [3.05, 3.63) is 28.8 Å². The lowest BCUT2D eigenvalue weighted by atomic mass is 9.87. The van der Waals surface area contributed by atoms with Crippen molar-refractivity contribution in [2.75, 3.05) is 20.2 Å². The van der Waals surface area contributed by atoms with Crippen molar-refractivity contribution < 1.29 is 19.4 Å². The minimum absolute atomic E-state index is 0.0525. The van der Waals surface area contributed by atoms with Crippen LogP contribution in [0, 0.1) is 11.8 Å². The van der Waals surface area contributed by atoms with Gasteiger partial charge in [0.05, 0.1) is 19.4 Å². The number of carboxylic acids is 1. The lowest BCUT2D eigenvalue weighted by Gasteiger charge is -2.35. The fraction of sp³-hybridized carbons (Fsp3) is 0.500. The van der Waals surface area contributed by atoms with Gasteiger partial charge in [0.1, 0.15) is 5.75 Å². The molecule has 1 aromatic carbocycles. The molecule has 0 spiro atoms. The van der Waals surface area contributed by atoms with E-state index in [4.69, 9.17) is 21.4 Å². The third kappa shape index (κ3) is 3.53. The molecule has 2 rings (SSSR count). The highest BCUT2D eigenvalue weighted by molar-refractivity contribution is 6.31. The van der Waals surface area contributed by atoms with Crippen molar-refractivity contribution in [3.63, 3.8) is 0 Å². The molecule has 0 aromatic heterocycles. The van der Waals surface area contributed by atoms with Gasteiger partial charge in [0.2, 0.25) is 5.91 Å². The summed E-state index contributed by atoms with van der Waals surface area (Å²) in [6.45, 7) is 2.80. The molecule has 1 amide bonds. The SMILES string of the molecule is COc1cccc(Cl)c1CC(=O)N1CCC(C(=O)O)C(C)C1. The number of methoxy groups -OCH3 is 1. The predicted molar refractivity (Wildman–Crippen MR) is 83.2 cm³/mol. The van der Waals surface area contributed by atoms with Crippen LogP contribution in [0.2, 0.25) is 5.02 Å². The Morgan fingerprint density at radius 3 is 2.77 bits per heavy atom. The summed E-state index contributed by atoms with van der Waals surface area (Å²) in [5, 5.41) is 9.64. The van der Waals surface area contributed by atoms with E-state index in [9.17, 15) is 9.59 Å². The number of nitrogens with zero attached hydrogens (tertiary/aromatic N) is 1. The number of halogens is 1. The number of amides is 1. The Hall–Kier alpha value is -1.75. The average molecular weight is 326 g/mol. The summed E-state index contributed by atoms with van der Waals surface area (Å²) < 4.78 is 5.25. The zero-order valence-corrected chi connectivity index (χ0v) is 13.5. The summed E-state index contributed by atoms with van der Waals surface area (Å²) in [7, 11) is 1.54. The Labute approximate surface area is 134 Å². The number of likely N-dealkylation sites (tertiary alicyclic amines) is 1. The molecule has 0 saturated carbocycles. The Bertz CT molecular complexity index is 575. The van der Waals surface area contributed by atoms with Crippen LogP contribution < -0.4 is 4.74 Å². The van der Waals surface area contributed by atoms with Gasteiger partial charge in [-0.3, -0.25) is 9.59 Å². The van der Waals surface area contributed by atoms with Gasteiger partial charge in [-0.2, -0.15) is 0 Å². The minimum Gasteiger partial charge on any atom is -0.496 e. The van der Waals surface area contributed by atoms with E-state index in [1.165, 1.54) is 0 Å². The van der Waals surface area contributed by atoms with E-state index in [1.54, 1.807) is 30.2 Å². The molecule has 1 heterocycles. The fourth-order valence-electron chi connectivity index (χ4n) is 2.90. The van der Waals surface area contributed by atoms with Crippen molar-refractivity contribution in [2.45, 2.75) is 19.8 Å². The molecule has 1 fully saturated rings. The van der Waals surface area contributed by atoms with Crippen LogP contribution in [0.3, 0.4) is 0 Å². The minimum atomic E-state index is -0.785. The topological polar surface area (TPSA) is 66.8 Å². The summed E-state index contributed by atoms with van der Waals surface area (Å²) in [4.78, 5) is 25.3. The van der Waals surface area contributed by atoms with E-state index in [-0.39, 0.29) is 24.2 Å². The first-order chi connectivity index (χ1) is 10.4. The summed E-state index contributed by atoms with van der Waals surface area (Å²) in [5.41, 5.74) is 0.671. The number of ether oxygens (including phenoxy) is 1. The van der Waals surface area contributed by atoms with Crippen molar-refractivity contribution in [1.29, 1.82) is 0 Å². The van der Waals surface area contributed by atoms with Crippen molar-refractivity contribution in [2.24, 2.45) is 11.8 Å². The molecule has 22 heavy (non-hydrogen) atoms. The lowest BCUT2D eigenvalue weighted by Crippen LogP contribution is -2.45. The number of benzene rings is 1. The molecule has 1 aliphatic heterocycles. The van der Waals surface area contributed by atoms with Gasteiger partial charge in [-0.25, -0.2) is 0 Å². The molecule has 120 valence electrons. The first-order valence-corrected chi connectivity index (χ1v) is 7.63. The first-order valence-electron chi connectivity index (χ1n) is 7.26. The van der Waals surface area contributed by atoms with Crippen LogP contribution >= 0.6 is 11.6 Å². The second kappa shape index (κ2) is 7.01. The highest BCUT2D eigenvalue weighted by Gasteiger charge is 2.33. The Kier molecular flexibility index (Phi) is 5.29. The van der Waals surface area contributed by atoms with Crippen molar-refractivity contribution in [1.82, 2.24) is 4.90 Å². The number of carbonyl (C=O) groups is 2. The standard InChI is InChI=1S/C16H20ClNO4/c1-10-9-18(7-6-11(10)16(20)21)15(19)8-12-13(17)4-3-5-14(12)22-2/h3-5,10-11H,6-9H2,1-2H3,(H,20,21). The van der Waals surface area contributed by atoms with Gasteiger partial charge >= 0.3 is 5.97 Å². The molecule has 1 N–H and O–H groups in total. The van der Waals surface area contributed by atoms with Crippen LogP contribution in [0.15, 0.2) is 18.2 Å². The van der Waals surface area contributed by atoms with Crippen molar-refractivity contribution in [3.8, 4) is 5.75 Å². The Morgan fingerprint density at radius 2 is 2.18 bits per heavy atom. The summed E-state index contributed by atoms with van der Waals surface area (Å²) >= 11 is 6.16. The van der Waals surface area contributed by atoms with E-state index < -0.39 is 5.97 Å². The zero-order chi connectivity index (χ0) is 16.3. The molecule has 1 aromatic rings. The van der Waals surface area contributed by atoms with Gasteiger partial charge in [-0.15, -0.1) is 0 Å². The van der Waals surface area contributed by atoms with Crippen LogP contribution in [0.1, 0.15) is 18.9 Å². The Morgan fingerprint density at radius 1 is 1.45 bits per heavy atom. The van der Waals surface area contributed by atoms with E-state index in [0.717, 1.165) is 0 Å². The van der Waals surface area contributed by atoms with Gasteiger partial charge in [0.15, 0.2) is 0 Å². The highest BCUT2D eigenvalue weighted by Crippen LogP contribution is 2.29. The lowest BCUT2D eigenvalue weighted by molar-refractivity contribution is -0.148. The van der Waals surface area contributed by atoms with Gasteiger partial charge < -0.3 is 14.7 Å². The van der Waals surface area contributed by atoms with E-state index in [1.807, 2.05) is 6.92 Å². The summed E-state index contributed by atoms with van der Waals surface area (Å²) in [6.07, 6.45) is 0.648. The first kappa shape index (κ1) is 16.6. The van der Waals surface area contributed by atoms with Gasteiger partial charge in [0, 0.05) is 23.7 Å². The van der Waals surface area contributed by atoms with Gasteiger partial charge in [-0.05, 0) is 24.5 Å². The normalized spacial score (nSPS) is 21.5. The summed E-state index contributed by atoms with van der Waals surface area (Å²) in [5.74, 6) is -0.675. The number of hydrogen-bond donors (Lipinski definition) is 1. The van der Waals surface area contributed by atoms with Crippen LogP contribution in [0.25, 0.3) is 0 Å². The zero-order valence-electron chi connectivity index (χ0n) is 12.7. The molecule has 6 heteroatoms. The molecule has 2 unspecified atom stereocenters. The number of carboxylic acid groups (broad SMARTS) is 1.